The highest BCUT2D eigenvalue weighted by Gasteiger charge is 2.23. The number of rotatable bonds is 5. The van der Waals surface area contributed by atoms with Crippen molar-refractivity contribution in [1.82, 2.24) is 9.80 Å². The number of furan rings is 1. The van der Waals surface area contributed by atoms with Crippen LogP contribution in [-0.4, -0.2) is 54.9 Å². The van der Waals surface area contributed by atoms with E-state index in [1.54, 1.807) is 41.3 Å². The predicted octanol–water partition coefficient (Wildman–Crippen LogP) is 2.09. The molecule has 1 saturated heterocycles. The standard InChI is InChI=1S/C20H20N4O4/c1-27-17-6-3-2-5-16(17)22-19(25)15(13-21)14-23-8-10-24(11-9-23)20(26)18-7-4-12-28-18/h2-7,12,14H,8-11H2,1H3,(H,22,25)/b15-14-. The van der Waals surface area contributed by atoms with E-state index in [4.69, 9.17) is 9.15 Å². The Kier molecular flexibility index (Phi) is 5.97. The van der Waals surface area contributed by atoms with Crippen LogP contribution < -0.4 is 10.1 Å². The van der Waals surface area contributed by atoms with E-state index in [0.717, 1.165) is 0 Å². The highest BCUT2D eigenvalue weighted by Crippen LogP contribution is 2.23. The van der Waals surface area contributed by atoms with Gasteiger partial charge in [0.25, 0.3) is 11.8 Å². The van der Waals surface area contributed by atoms with Crippen molar-refractivity contribution in [2.24, 2.45) is 0 Å². The number of anilines is 1. The molecular weight excluding hydrogens is 360 g/mol. The van der Waals surface area contributed by atoms with Crippen LogP contribution >= 0.6 is 0 Å². The van der Waals surface area contributed by atoms with Crippen LogP contribution in [0, 0.1) is 11.3 Å². The lowest BCUT2D eigenvalue weighted by Crippen LogP contribution is -2.47. The molecule has 144 valence electrons. The quantitative estimate of drug-likeness (QED) is 0.630. The first-order valence-electron chi connectivity index (χ1n) is 8.75. The zero-order chi connectivity index (χ0) is 19.9. The summed E-state index contributed by atoms with van der Waals surface area (Å²) < 4.78 is 10.3. The van der Waals surface area contributed by atoms with Crippen molar-refractivity contribution >= 4 is 17.5 Å². The van der Waals surface area contributed by atoms with Gasteiger partial charge >= 0.3 is 0 Å². The molecule has 28 heavy (non-hydrogen) atoms. The van der Waals surface area contributed by atoms with Crippen molar-refractivity contribution in [1.29, 1.82) is 5.26 Å². The van der Waals surface area contributed by atoms with Crippen molar-refractivity contribution in [3.8, 4) is 11.8 Å². The first kappa shape index (κ1) is 19.0. The third-order valence-electron chi connectivity index (χ3n) is 4.37. The fraction of sp³-hybridized carbons (Fsp3) is 0.250. The van der Waals surface area contributed by atoms with Gasteiger partial charge < -0.3 is 24.3 Å². The predicted molar refractivity (Wildman–Crippen MR) is 102 cm³/mol. The van der Waals surface area contributed by atoms with E-state index in [0.29, 0.717) is 43.4 Å². The molecule has 0 saturated carbocycles. The van der Waals surface area contributed by atoms with Gasteiger partial charge in [-0.25, -0.2) is 0 Å². The largest absolute Gasteiger partial charge is 0.495 e. The maximum atomic E-state index is 12.5. The second kappa shape index (κ2) is 8.77. The lowest BCUT2D eigenvalue weighted by atomic mass is 10.2. The molecule has 0 aliphatic carbocycles. The van der Waals surface area contributed by atoms with Crippen LogP contribution in [0.25, 0.3) is 0 Å². The molecule has 2 heterocycles. The number of hydrogen-bond donors (Lipinski definition) is 1. The summed E-state index contributed by atoms with van der Waals surface area (Å²) in [5, 5.41) is 12.1. The molecule has 1 aliphatic heterocycles. The summed E-state index contributed by atoms with van der Waals surface area (Å²) in [6, 6.07) is 12.2. The van der Waals surface area contributed by atoms with Crippen LogP contribution in [-0.2, 0) is 4.79 Å². The highest BCUT2D eigenvalue weighted by molar-refractivity contribution is 6.07. The van der Waals surface area contributed by atoms with Crippen molar-refractivity contribution in [3.63, 3.8) is 0 Å². The summed E-state index contributed by atoms with van der Waals surface area (Å²) in [7, 11) is 1.51. The van der Waals surface area contributed by atoms with Crippen LogP contribution in [0.2, 0.25) is 0 Å². The Morgan fingerprint density at radius 3 is 2.57 bits per heavy atom. The number of hydrogen-bond acceptors (Lipinski definition) is 6. The normalized spacial score (nSPS) is 14.4. The molecule has 0 radical (unpaired) electrons. The monoisotopic (exact) mass is 380 g/mol. The molecule has 0 unspecified atom stereocenters. The molecule has 3 rings (SSSR count). The Morgan fingerprint density at radius 2 is 1.93 bits per heavy atom. The smallest absolute Gasteiger partial charge is 0.289 e. The maximum absolute atomic E-state index is 12.5. The Morgan fingerprint density at radius 1 is 1.18 bits per heavy atom. The summed E-state index contributed by atoms with van der Waals surface area (Å²) >= 11 is 0. The Bertz CT molecular complexity index is 907. The zero-order valence-electron chi connectivity index (χ0n) is 15.4. The molecule has 1 aromatic heterocycles. The van der Waals surface area contributed by atoms with Crippen LogP contribution in [0.15, 0.2) is 58.9 Å². The van der Waals surface area contributed by atoms with Crippen molar-refractivity contribution in [2.75, 3.05) is 38.6 Å². The number of ether oxygens (including phenoxy) is 1. The molecule has 0 spiro atoms. The minimum absolute atomic E-state index is 0.0169. The van der Waals surface area contributed by atoms with Gasteiger partial charge in [-0.05, 0) is 24.3 Å². The van der Waals surface area contributed by atoms with Gasteiger partial charge in [-0.1, -0.05) is 12.1 Å². The van der Waals surface area contributed by atoms with Crippen molar-refractivity contribution in [3.05, 3.63) is 60.2 Å². The van der Waals surface area contributed by atoms with Crippen molar-refractivity contribution < 1.29 is 18.7 Å². The number of methoxy groups -OCH3 is 1. The topological polar surface area (TPSA) is 98.8 Å². The van der Waals surface area contributed by atoms with E-state index in [1.165, 1.54) is 19.6 Å². The number of nitrogens with one attached hydrogen (secondary N) is 1. The molecule has 1 fully saturated rings. The second-order valence-corrected chi connectivity index (χ2v) is 6.11. The highest BCUT2D eigenvalue weighted by atomic mass is 16.5. The van der Waals surface area contributed by atoms with E-state index in [-0.39, 0.29) is 11.5 Å². The Labute approximate surface area is 162 Å². The minimum Gasteiger partial charge on any atom is -0.495 e. The van der Waals surface area contributed by atoms with Gasteiger partial charge in [0.2, 0.25) is 0 Å². The molecule has 0 atom stereocenters. The van der Waals surface area contributed by atoms with Gasteiger partial charge in [0.15, 0.2) is 5.76 Å². The molecule has 1 aromatic carbocycles. The van der Waals surface area contributed by atoms with E-state index in [9.17, 15) is 14.9 Å². The van der Waals surface area contributed by atoms with Gasteiger partial charge in [0, 0.05) is 32.4 Å². The molecule has 8 heteroatoms. The molecule has 2 amide bonds. The van der Waals surface area contributed by atoms with Gasteiger partial charge in [-0.15, -0.1) is 0 Å². The van der Waals surface area contributed by atoms with E-state index in [1.807, 2.05) is 11.0 Å². The number of nitriles is 1. The Hall–Kier alpha value is -3.73. The average Bonchev–Trinajstić information content (AvgIpc) is 3.27. The van der Waals surface area contributed by atoms with Crippen LogP contribution in [0.5, 0.6) is 5.75 Å². The van der Waals surface area contributed by atoms with Crippen LogP contribution in [0.1, 0.15) is 10.6 Å². The number of nitrogens with zero attached hydrogens (tertiary/aromatic N) is 3. The zero-order valence-corrected chi connectivity index (χ0v) is 15.4. The molecule has 8 nitrogen and oxygen atoms in total. The Balaban J connectivity index is 1.61. The fourth-order valence-corrected chi connectivity index (χ4v) is 2.87. The molecule has 0 bridgehead atoms. The number of amides is 2. The van der Waals surface area contributed by atoms with Crippen molar-refractivity contribution in [2.45, 2.75) is 0 Å². The van der Waals surface area contributed by atoms with Gasteiger partial charge in [0.1, 0.15) is 17.4 Å². The van der Waals surface area contributed by atoms with Gasteiger partial charge in [-0.2, -0.15) is 5.26 Å². The van der Waals surface area contributed by atoms with E-state index >= 15 is 0 Å². The van der Waals surface area contributed by atoms with Gasteiger partial charge in [-0.3, -0.25) is 9.59 Å². The van der Waals surface area contributed by atoms with E-state index in [2.05, 4.69) is 5.32 Å². The summed E-state index contributed by atoms with van der Waals surface area (Å²) in [5.74, 6) is 0.139. The van der Waals surface area contributed by atoms with E-state index < -0.39 is 5.91 Å². The average molecular weight is 380 g/mol. The summed E-state index contributed by atoms with van der Waals surface area (Å²) in [5.41, 5.74) is 0.474. The number of benzene rings is 1. The SMILES string of the molecule is COc1ccccc1NC(=O)/C(C#N)=C\N1CCN(C(=O)c2ccco2)CC1. The minimum atomic E-state index is -0.513. The lowest BCUT2D eigenvalue weighted by molar-refractivity contribution is -0.112. The number of carbonyl (C=O) groups excluding carboxylic acids is 2. The number of carbonyl (C=O) groups is 2. The first-order chi connectivity index (χ1) is 13.6. The van der Waals surface area contributed by atoms with Crippen LogP contribution in [0.3, 0.4) is 0 Å². The third-order valence-corrected chi connectivity index (χ3v) is 4.37. The lowest BCUT2D eigenvalue weighted by Gasteiger charge is -2.33. The molecule has 1 N–H and O–H groups in total. The molecule has 1 aliphatic rings. The maximum Gasteiger partial charge on any atom is 0.289 e. The third kappa shape index (κ3) is 4.32. The summed E-state index contributed by atoms with van der Waals surface area (Å²) in [4.78, 5) is 28.3. The molecular formula is C20H20N4O4. The molecule has 2 aromatic rings. The first-order valence-corrected chi connectivity index (χ1v) is 8.75. The fourth-order valence-electron chi connectivity index (χ4n) is 2.87. The second-order valence-electron chi connectivity index (χ2n) is 6.11. The summed E-state index contributed by atoms with van der Waals surface area (Å²) in [6.45, 7) is 1.98. The number of piperazine rings is 1. The van der Waals surface area contributed by atoms with Crippen LogP contribution in [0.4, 0.5) is 5.69 Å². The summed E-state index contributed by atoms with van der Waals surface area (Å²) in [6.07, 6.45) is 2.99. The van der Waals surface area contributed by atoms with Gasteiger partial charge in [0.05, 0.1) is 19.1 Å². The number of para-hydroxylation sites is 2.